The number of nitrogens with one attached hydrogen (secondary N) is 1. The van der Waals surface area contributed by atoms with Crippen LogP contribution in [0.3, 0.4) is 0 Å². The van der Waals surface area contributed by atoms with Crippen molar-refractivity contribution in [2.45, 2.75) is 12.5 Å². The summed E-state index contributed by atoms with van der Waals surface area (Å²) in [5.41, 5.74) is 3.22. The minimum absolute atomic E-state index is 0.0553. The third-order valence-electron chi connectivity index (χ3n) is 5.39. The van der Waals surface area contributed by atoms with Gasteiger partial charge in [-0.05, 0) is 53.6 Å². The molecule has 0 aromatic heterocycles. The van der Waals surface area contributed by atoms with E-state index in [1.165, 1.54) is 4.90 Å². The molecule has 0 aliphatic carbocycles. The van der Waals surface area contributed by atoms with Crippen molar-refractivity contribution < 1.29 is 23.9 Å². The summed E-state index contributed by atoms with van der Waals surface area (Å²) in [7, 11) is 3.32. The second kappa shape index (κ2) is 9.56. The van der Waals surface area contributed by atoms with Crippen LogP contribution in [0, 0.1) is 0 Å². The normalized spacial score (nSPS) is 14.6. The van der Waals surface area contributed by atoms with Crippen LogP contribution in [0.2, 0.25) is 0 Å². The predicted molar refractivity (Wildman–Crippen MR) is 123 cm³/mol. The number of fused-ring (bicyclic) bond motifs is 1. The number of ether oxygens (including phenoxy) is 2. The largest absolute Gasteiger partial charge is 0.484 e. The predicted octanol–water partition coefficient (Wildman–Crippen LogP) is 3.86. The van der Waals surface area contributed by atoms with E-state index in [4.69, 9.17) is 9.47 Å². The Bertz CT molecular complexity index is 1170. The molecule has 0 fully saturated rings. The number of likely N-dealkylation sites (N-methyl/N-ethyl adjacent to an activating group) is 1. The lowest BCUT2D eigenvalue weighted by atomic mass is 9.93. The summed E-state index contributed by atoms with van der Waals surface area (Å²) in [5.74, 6) is -0.287. The molecular weight excluding hydrogens is 420 g/mol. The van der Waals surface area contributed by atoms with Crippen LogP contribution in [0.4, 0.5) is 5.69 Å². The van der Waals surface area contributed by atoms with Gasteiger partial charge >= 0.3 is 5.97 Å². The zero-order valence-electron chi connectivity index (χ0n) is 18.4. The molecule has 1 aliphatic rings. The molecule has 1 N–H and O–H groups in total. The number of nitrogens with zero attached hydrogens (tertiary/aromatic N) is 1. The fourth-order valence-corrected chi connectivity index (χ4v) is 3.50. The average Bonchev–Trinajstić information content (AvgIpc) is 2.83. The van der Waals surface area contributed by atoms with Gasteiger partial charge in [0.2, 0.25) is 0 Å². The Morgan fingerprint density at radius 1 is 1.03 bits per heavy atom. The molecule has 33 heavy (non-hydrogen) atoms. The Morgan fingerprint density at radius 2 is 1.76 bits per heavy atom. The molecule has 0 radical (unpaired) electrons. The van der Waals surface area contributed by atoms with Gasteiger partial charge in [0.05, 0.1) is 5.56 Å². The Hall–Kier alpha value is -4.13. The molecule has 1 atom stereocenters. The maximum atomic E-state index is 12.8. The van der Waals surface area contributed by atoms with E-state index in [9.17, 15) is 14.4 Å². The number of amides is 2. The molecule has 0 bridgehead atoms. The molecule has 1 aliphatic heterocycles. The summed E-state index contributed by atoms with van der Waals surface area (Å²) < 4.78 is 11.0. The molecule has 3 aromatic rings. The molecule has 0 saturated carbocycles. The van der Waals surface area contributed by atoms with Crippen LogP contribution in [0.1, 0.15) is 37.9 Å². The topological polar surface area (TPSA) is 84.9 Å². The smallest absolute Gasteiger partial charge is 0.339 e. The van der Waals surface area contributed by atoms with Crippen molar-refractivity contribution in [3.05, 3.63) is 95.1 Å². The maximum absolute atomic E-state index is 12.8. The molecule has 4 rings (SSSR count). The van der Waals surface area contributed by atoms with E-state index >= 15 is 0 Å². The lowest BCUT2D eigenvalue weighted by molar-refractivity contribution is -0.130. The number of hydrogen-bond donors (Lipinski definition) is 1. The van der Waals surface area contributed by atoms with E-state index in [-0.39, 0.29) is 30.5 Å². The molecule has 0 saturated heterocycles. The van der Waals surface area contributed by atoms with Gasteiger partial charge in [-0.3, -0.25) is 9.59 Å². The Kier molecular flexibility index (Phi) is 6.40. The summed E-state index contributed by atoms with van der Waals surface area (Å²) in [6, 6.07) is 21.3. The minimum Gasteiger partial charge on any atom is -0.484 e. The fraction of sp³-hybridized carbons (Fsp3) is 0.192. The van der Waals surface area contributed by atoms with Gasteiger partial charge in [0, 0.05) is 31.8 Å². The van der Waals surface area contributed by atoms with Crippen molar-refractivity contribution in [1.82, 2.24) is 4.90 Å². The number of rotatable bonds is 6. The zero-order chi connectivity index (χ0) is 23.4. The number of carbonyl (C=O) groups is 3. The quantitative estimate of drug-likeness (QED) is 0.584. The minimum atomic E-state index is -0.389. The monoisotopic (exact) mass is 444 g/mol. The molecule has 7 heteroatoms. The van der Waals surface area contributed by atoms with Crippen molar-refractivity contribution in [3.63, 3.8) is 0 Å². The number of esters is 1. The van der Waals surface area contributed by atoms with Gasteiger partial charge in [-0.1, -0.05) is 30.3 Å². The Labute approximate surface area is 191 Å². The van der Waals surface area contributed by atoms with Gasteiger partial charge in [0.15, 0.2) is 6.61 Å². The second-order valence-electron chi connectivity index (χ2n) is 7.94. The Balaban J connectivity index is 1.43. The highest BCUT2D eigenvalue weighted by Gasteiger charge is 2.28. The van der Waals surface area contributed by atoms with Crippen LogP contribution in [-0.2, 0) is 16.0 Å². The third-order valence-corrected chi connectivity index (χ3v) is 5.39. The molecule has 0 spiro atoms. The van der Waals surface area contributed by atoms with E-state index in [0.717, 1.165) is 11.1 Å². The van der Waals surface area contributed by atoms with Gasteiger partial charge in [-0.25, -0.2) is 4.79 Å². The van der Waals surface area contributed by atoms with Crippen LogP contribution in [0.15, 0.2) is 72.8 Å². The van der Waals surface area contributed by atoms with Crippen LogP contribution < -0.4 is 10.1 Å². The van der Waals surface area contributed by atoms with Crippen molar-refractivity contribution in [3.8, 4) is 5.75 Å². The van der Waals surface area contributed by atoms with E-state index in [0.29, 0.717) is 29.0 Å². The van der Waals surface area contributed by atoms with Crippen molar-refractivity contribution in [1.29, 1.82) is 0 Å². The summed E-state index contributed by atoms with van der Waals surface area (Å²) >= 11 is 0. The average molecular weight is 444 g/mol. The van der Waals surface area contributed by atoms with E-state index in [1.54, 1.807) is 56.6 Å². The second-order valence-corrected chi connectivity index (χ2v) is 7.94. The number of benzene rings is 3. The van der Waals surface area contributed by atoms with Gasteiger partial charge < -0.3 is 19.7 Å². The number of hydrogen-bond acceptors (Lipinski definition) is 5. The maximum Gasteiger partial charge on any atom is 0.339 e. The molecule has 1 heterocycles. The SMILES string of the molecule is CN(C)C(=O)COc1ccc(NC(=O)c2ccc3c(c2)CC(c2ccccc2)OC3=O)cc1. The van der Waals surface area contributed by atoms with Crippen LogP contribution in [0.5, 0.6) is 5.75 Å². The molecule has 7 nitrogen and oxygen atoms in total. The van der Waals surface area contributed by atoms with Crippen molar-refractivity contribution in [2.24, 2.45) is 0 Å². The van der Waals surface area contributed by atoms with Gasteiger partial charge in [-0.2, -0.15) is 0 Å². The highest BCUT2D eigenvalue weighted by atomic mass is 16.5. The lowest BCUT2D eigenvalue weighted by Crippen LogP contribution is -2.27. The fourth-order valence-electron chi connectivity index (χ4n) is 3.50. The van der Waals surface area contributed by atoms with Gasteiger partial charge in [0.25, 0.3) is 11.8 Å². The molecule has 2 amide bonds. The summed E-state index contributed by atoms with van der Waals surface area (Å²) in [6.45, 7) is -0.0553. The third kappa shape index (κ3) is 5.20. The first-order chi connectivity index (χ1) is 15.9. The van der Waals surface area contributed by atoms with Gasteiger partial charge in [0.1, 0.15) is 11.9 Å². The van der Waals surface area contributed by atoms with E-state index < -0.39 is 0 Å². The molecule has 3 aromatic carbocycles. The van der Waals surface area contributed by atoms with E-state index in [2.05, 4.69) is 5.32 Å². The molecular formula is C26H24N2O5. The first-order valence-electron chi connectivity index (χ1n) is 10.5. The first-order valence-corrected chi connectivity index (χ1v) is 10.5. The highest BCUT2D eigenvalue weighted by molar-refractivity contribution is 6.05. The van der Waals surface area contributed by atoms with Crippen LogP contribution in [-0.4, -0.2) is 43.4 Å². The summed E-state index contributed by atoms with van der Waals surface area (Å²) in [6.07, 6.45) is 0.126. The zero-order valence-corrected chi connectivity index (χ0v) is 18.4. The van der Waals surface area contributed by atoms with E-state index in [1.807, 2.05) is 30.3 Å². The summed E-state index contributed by atoms with van der Waals surface area (Å²) in [5, 5.41) is 2.84. The van der Waals surface area contributed by atoms with Gasteiger partial charge in [-0.15, -0.1) is 0 Å². The highest BCUT2D eigenvalue weighted by Crippen LogP contribution is 2.31. The number of anilines is 1. The number of carbonyl (C=O) groups excluding carboxylic acids is 3. The number of cyclic esters (lactones) is 1. The van der Waals surface area contributed by atoms with Crippen molar-refractivity contribution in [2.75, 3.05) is 26.0 Å². The molecule has 1 unspecified atom stereocenters. The Morgan fingerprint density at radius 3 is 2.45 bits per heavy atom. The molecule has 168 valence electrons. The first kappa shape index (κ1) is 22.1. The standard InChI is InChI=1S/C26H24N2O5/c1-28(2)24(29)16-32-21-11-9-20(10-12-21)27-25(30)18-8-13-22-19(14-18)15-23(33-26(22)31)17-6-4-3-5-7-17/h3-14,23H,15-16H2,1-2H3,(H,27,30). The van der Waals surface area contributed by atoms with Crippen LogP contribution in [0.25, 0.3) is 0 Å². The van der Waals surface area contributed by atoms with Crippen molar-refractivity contribution >= 4 is 23.5 Å². The summed E-state index contributed by atoms with van der Waals surface area (Å²) in [4.78, 5) is 38.3. The van der Waals surface area contributed by atoms with Crippen LogP contribution >= 0.6 is 0 Å². The lowest BCUT2D eigenvalue weighted by Gasteiger charge is -2.25.